The van der Waals surface area contributed by atoms with Crippen molar-refractivity contribution in [1.29, 1.82) is 0 Å². The smallest absolute Gasteiger partial charge is 0.421 e. The Labute approximate surface area is 179 Å². The summed E-state index contributed by atoms with van der Waals surface area (Å²) in [6, 6.07) is 14.3. The van der Waals surface area contributed by atoms with Gasteiger partial charge in [0.2, 0.25) is 5.95 Å². The van der Waals surface area contributed by atoms with E-state index in [4.69, 9.17) is 4.74 Å². The molecule has 1 aromatic heterocycles. The molecule has 0 fully saturated rings. The highest BCUT2D eigenvalue weighted by Crippen LogP contribution is 2.36. The molecule has 0 aliphatic rings. The van der Waals surface area contributed by atoms with Crippen LogP contribution in [0.5, 0.6) is 5.75 Å². The summed E-state index contributed by atoms with van der Waals surface area (Å²) < 4.78 is 46.3. The number of rotatable bonds is 7. The second-order valence-electron chi connectivity index (χ2n) is 7.64. The summed E-state index contributed by atoms with van der Waals surface area (Å²) in [5.74, 6) is 0.568. The Bertz CT molecular complexity index is 1020. The van der Waals surface area contributed by atoms with Crippen molar-refractivity contribution in [2.75, 3.05) is 10.6 Å². The summed E-state index contributed by atoms with van der Waals surface area (Å²) in [7, 11) is 0. The standard InChI is InChI=1S/C23H25F3N4O/c1-14(2)18-7-5-6-8-20(18)29-21-19(23(24,25)26)13-27-22(30-21)28-16-9-11-17(12-10-16)31-15(3)4/h5-15H,1-4H3,(H2,27,28,29,30). The molecule has 0 bridgehead atoms. The monoisotopic (exact) mass is 430 g/mol. The first-order valence-electron chi connectivity index (χ1n) is 9.97. The number of halogens is 3. The van der Waals surface area contributed by atoms with Crippen LogP contribution >= 0.6 is 0 Å². The molecule has 1 heterocycles. The highest BCUT2D eigenvalue weighted by Gasteiger charge is 2.35. The molecule has 2 aromatic carbocycles. The van der Waals surface area contributed by atoms with Crippen LogP contribution in [0.2, 0.25) is 0 Å². The minimum Gasteiger partial charge on any atom is -0.491 e. The molecule has 5 nitrogen and oxygen atoms in total. The number of hydrogen-bond acceptors (Lipinski definition) is 5. The number of nitrogens with one attached hydrogen (secondary N) is 2. The van der Waals surface area contributed by atoms with Gasteiger partial charge in [-0.3, -0.25) is 0 Å². The molecule has 0 atom stereocenters. The first-order chi connectivity index (χ1) is 14.6. The number of hydrogen-bond donors (Lipinski definition) is 2. The Kier molecular flexibility index (Phi) is 6.68. The lowest BCUT2D eigenvalue weighted by Crippen LogP contribution is -2.13. The van der Waals surface area contributed by atoms with Crippen LogP contribution in [-0.2, 0) is 6.18 Å². The maximum Gasteiger partial charge on any atom is 0.421 e. The lowest BCUT2D eigenvalue weighted by Gasteiger charge is -2.18. The predicted molar refractivity (Wildman–Crippen MR) is 116 cm³/mol. The van der Waals surface area contributed by atoms with Crippen LogP contribution in [0, 0.1) is 0 Å². The summed E-state index contributed by atoms with van der Waals surface area (Å²) >= 11 is 0. The first kappa shape index (κ1) is 22.4. The lowest BCUT2D eigenvalue weighted by atomic mass is 10.0. The van der Waals surface area contributed by atoms with Gasteiger partial charge < -0.3 is 15.4 Å². The minimum absolute atomic E-state index is 0.0411. The van der Waals surface area contributed by atoms with E-state index >= 15 is 0 Å². The van der Waals surface area contributed by atoms with Gasteiger partial charge in [-0.1, -0.05) is 32.0 Å². The average molecular weight is 430 g/mol. The molecule has 0 aliphatic heterocycles. The SMILES string of the molecule is CC(C)Oc1ccc(Nc2ncc(C(F)(F)F)c(Nc3ccccc3C(C)C)n2)cc1. The van der Waals surface area contributed by atoms with Gasteiger partial charge >= 0.3 is 6.18 Å². The van der Waals surface area contributed by atoms with Crippen LogP contribution in [0.15, 0.2) is 54.7 Å². The van der Waals surface area contributed by atoms with Crippen molar-refractivity contribution in [3.05, 3.63) is 65.9 Å². The zero-order valence-electron chi connectivity index (χ0n) is 17.8. The number of para-hydroxylation sites is 1. The van der Waals surface area contributed by atoms with Crippen LogP contribution in [0.4, 0.5) is 36.3 Å². The molecule has 0 unspecified atom stereocenters. The quantitative estimate of drug-likeness (QED) is 0.427. The minimum atomic E-state index is -4.59. The normalized spacial score (nSPS) is 11.6. The number of aromatic nitrogens is 2. The van der Waals surface area contributed by atoms with E-state index in [-0.39, 0.29) is 23.8 Å². The van der Waals surface area contributed by atoms with Gasteiger partial charge in [0, 0.05) is 17.6 Å². The summed E-state index contributed by atoms with van der Waals surface area (Å²) in [6.07, 6.45) is -3.77. The summed E-state index contributed by atoms with van der Waals surface area (Å²) in [6.45, 7) is 7.80. The molecule has 8 heteroatoms. The van der Waals surface area contributed by atoms with E-state index in [2.05, 4.69) is 20.6 Å². The molecule has 0 saturated heterocycles. The topological polar surface area (TPSA) is 59.1 Å². The molecular weight excluding hydrogens is 405 g/mol. The van der Waals surface area contributed by atoms with E-state index in [1.165, 1.54) is 0 Å². The highest BCUT2D eigenvalue weighted by molar-refractivity contribution is 5.66. The van der Waals surface area contributed by atoms with E-state index in [0.717, 1.165) is 11.8 Å². The average Bonchev–Trinajstić information content (AvgIpc) is 2.68. The molecule has 0 spiro atoms. The van der Waals surface area contributed by atoms with E-state index in [0.29, 0.717) is 17.1 Å². The van der Waals surface area contributed by atoms with E-state index in [1.807, 2.05) is 39.8 Å². The fraction of sp³-hybridized carbons (Fsp3) is 0.304. The summed E-state index contributed by atoms with van der Waals surface area (Å²) in [5.41, 5.74) is 1.16. The van der Waals surface area contributed by atoms with Gasteiger partial charge in [0.25, 0.3) is 0 Å². The van der Waals surface area contributed by atoms with Crippen LogP contribution in [0.1, 0.15) is 44.7 Å². The van der Waals surface area contributed by atoms with Crippen molar-refractivity contribution in [2.24, 2.45) is 0 Å². The molecule has 164 valence electrons. The molecular formula is C23H25F3N4O. The van der Waals surface area contributed by atoms with Gasteiger partial charge in [-0.25, -0.2) is 4.98 Å². The van der Waals surface area contributed by atoms with Crippen LogP contribution in [0.25, 0.3) is 0 Å². The third-order valence-electron chi connectivity index (χ3n) is 4.41. The van der Waals surface area contributed by atoms with Crippen molar-refractivity contribution < 1.29 is 17.9 Å². The Balaban J connectivity index is 1.91. The maximum absolute atomic E-state index is 13.6. The number of benzene rings is 2. The van der Waals surface area contributed by atoms with Gasteiger partial charge in [-0.2, -0.15) is 18.2 Å². The van der Waals surface area contributed by atoms with E-state index in [9.17, 15) is 13.2 Å². The van der Waals surface area contributed by atoms with Gasteiger partial charge in [0.05, 0.1) is 6.10 Å². The molecule has 0 amide bonds. The molecule has 3 rings (SSSR count). The fourth-order valence-electron chi connectivity index (χ4n) is 3.00. The lowest BCUT2D eigenvalue weighted by molar-refractivity contribution is -0.137. The zero-order valence-corrected chi connectivity index (χ0v) is 17.8. The maximum atomic E-state index is 13.6. The Morgan fingerprint density at radius 3 is 2.19 bits per heavy atom. The third kappa shape index (κ3) is 5.87. The highest BCUT2D eigenvalue weighted by atomic mass is 19.4. The van der Waals surface area contributed by atoms with E-state index < -0.39 is 11.7 Å². The van der Waals surface area contributed by atoms with Crippen LogP contribution < -0.4 is 15.4 Å². The molecule has 3 aromatic rings. The van der Waals surface area contributed by atoms with Gasteiger partial charge in [0.1, 0.15) is 17.1 Å². The van der Waals surface area contributed by atoms with Gasteiger partial charge in [0.15, 0.2) is 0 Å². The Morgan fingerprint density at radius 1 is 0.903 bits per heavy atom. The summed E-state index contributed by atoms with van der Waals surface area (Å²) in [4.78, 5) is 7.97. The number of nitrogens with zero attached hydrogens (tertiary/aromatic N) is 2. The fourth-order valence-corrected chi connectivity index (χ4v) is 3.00. The van der Waals surface area contributed by atoms with E-state index in [1.54, 1.807) is 36.4 Å². The van der Waals surface area contributed by atoms with Crippen molar-refractivity contribution in [2.45, 2.75) is 45.9 Å². The molecule has 31 heavy (non-hydrogen) atoms. The van der Waals surface area contributed by atoms with Crippen molar-refractivity contribution in [3.8, 4) is 5.75 Å². The van der Waals surface area contributed by atoms with Gasteiger partial charge in [-0.15, -0.1) is 0 Å². The molecule has 0 aliphatic carbocycles. The van der Waals surface area contributed by atoms with Crippen LogP contribution in [-0.4, -0.2) is 16.1 Å². The third-order valence-corrected chi connectivity index (χ3v) is 4.41. The summed E-state index contributed by atoms with van der Waals surface area (Å²) in [5, 5.41) is 5.80. The Hall–Kier alpha value is -3.29. The molecule has 0 saturated carbocycles. The number of anilines is 4. The predicted octanol–water partition coefficient (Wildman–Crippen LogP) is 6.89. The van der Waals surface area contributed by atoms with Crippen molar-refractivity contribution in [1.82, 2.24) is 9.97 Å². The second kappa shape index (κ2) is 9.24. The number of alkyl halides is 3. The zero-order chi connectivity index (χ0) is 22.6. The van der Waals surface area contributed by atoms with Gasteiger partial charge in [-0.05, 0) is 55.7 Å². The second-order valence-corrected chi connectivity index (χ2v) is 7.64. The largest absolute Gasteiger partial charge is 0.491 e. The Morgan fingerprint density at radius 2 is 1.58 bits per heavy atom. The first-order valence-corrected chi connectivity index (χ1v) is 9.97. The van der Waals surface area contributed by atoms with Crippen molar-refractivity contribution >= 4 is 23.1 Å². The van der Waals surface area contributed by atoms with Crippen molar-refractivity contribution in [3.63, 3.8) is 0 Å². The van der Waals surface area contributed by atoms with Crippen LogP contribution in [0.3, 0.4) is 0 Å². The number of ether oxygens (including phenoxy) is 1. The molecule has 2 N–H and O–H groups in total. The molecule has 0 radical (unpaired) electrons.